The zero-order valence-electron chi connectivity index (χ0n) is 9.50. The van der Waals surface area contributed by atoms with Gasteiger partial charge in [-0.3, -0.25) is 0 Å². The summed E-state index contributed by atoms with van der Waals surface area (Å²) in [4.78, 5) is 14.9. The van der Waals surface area contributed by atoms with Gasteiger partial charge in [0.25, 0.3) is 0 Å². The maximum atomic E-state index is 10.6. The fraction of sp³-hybridized carbons (Fsp3) is 0.600. The molecular weight excluding hydrogens is 349 g/mol. The first-order valence-corrected chi connectivity index (χ1v) is 7.09. The second kappa shape index (κ2) is 5.37. The number of aromatic nitrogens is 1. The lowest BCUT2D eigenvalue weighted by Gasteiger charge is -2.19. The summed E-state index contributed by atoms with van der Waals surface area (Å²) in [5, 5.41) is 10.7. The van der Waals surface area contributed by atoms with E-state index in [0.717, 1.165) is 10.3 Å². The predicted octanol–water partition coefficient (Wildman–Crippen LogP) is 2.89. The van der Waals surface area contributed by atoms with Gasteiger partial charge in [0.05, 0.1) is 5.69 Å². The molecule has 2 aliphatic rings. The average Bonchev–Trinajstić information content (AvgIpc) is 2.83. The van der Waals surface area contributed by atoms with Crippen molar-refractivity contribution < 1.29 is 23.1 Å². The van der Waals surface area contributed by atoms with E-state index in [-0.39, 0.29) is 0 Å². The second-order valence-electron chi connectivity index (χ2n) is 4.28. The number of thiazole rings is 1. The molecule has 1 fully saturated rings. The predicted molar refractivity (Wildman–Crippen MR) is 66.1 cm³/mol. The standard InChI is InChI=1S/C8H9BrN2S.C2HF3O2/c9-8-11-6-3-4-1-2-5(10-4)7(6)12-8;3-2(4,5)1(6)7/h4-5,10H,1-3H2;(H,6,7). The molecule has 1 saturated heterocycles. The van der Waals surface area contributed by atoms with E-state index in [1.165, 1.54) is 23.4 Å². The molecule has 2 unspecified atom stereocenters. The molecule has 4 nitrogen and oxygen atoms in total. The fourth-order valence-corrected chi connectivity index (χ4v) is 3.82. The Morgan fingerprint density at radius 2 is 2.11 bits per heavy atom. The Morgan fingerprint density at radius 1 is 1.47 bits per heavy atom. The third kappa shape index (κ3) is 3.46. The minimum Gasteiger partial charge on any atom is -0.475 e. The van der Waals surface area contributed by atoms with Gasteiger partial charge in [-0.1, -0.05) is 0 Å². The Morgan fingerprint density at radius 3 is 2.68 bits per heavy atom. The Labute approximate surface area is 119 Å². The minimum atomic E-state index is -5.08. The summed E-state index contributed by atoms with van der Waals surface area (Å²) in [7, 11) is 0. The Hall–Kier alpha value is -0.670. The van der Waals surface area contributed by atoms with Crippen LogP contribution in [0.5, 0.6) is 0 Å². The van der Waals surface area contributed by atoms with Gasteiger partial charge in [-0.05, 0) is 28.8 Å². The van der Waals surface area contributed by atoms with Gasteiger partial charge in [-0.2, -0.15) is 13.2 Å². The van der Waals surface area contributed by atoms with Gasteiger partial charge >= 0.3 is 12.1 Å². The smallest absolute Gasteiger partial charge is 0.475 e. The summed E-state index contributed by atoms with van der Waals surface area (Å²) in [6.45, 7) is 0. The third-order valence-electron chi connectivity index (χ3n) is 2.94. The Kier molecular flexibility index (Phi) is 4.17. The largest absolute Gasteiger partial charge is 0.490 e. The van der Waals surface area contributed by atoms with E-state index < -0.39 is 12.1 Å². The van der Waals surface area contributed by atoms with E-state index in [1.807, 2.05) is 0 Å². The second-order valence-corrected chi connectivity index (χ2v) is 6.59. The molecule has 2 aliphatic heterocycles. The van der Waals surface area contributed by atoms with Crippen molar-refractivity contribution in [3.63, 3.8) is 0 Å². The molecule has 2 atom stereocenters. The first-order valence-electron chi connectivity index (χ1n) is 5.48. The number of fused-ring (bicyclic) bond motifs is 4. The molecule has 0 aliphatic carbocycles. The molecule has 3 heterocycles. The van der Waals surface area contributed by atoms with E-state index in [2.05, 4.69) is 26.2 Å². The minimum absolute atomic E-state index is 0.613. The van der Waals surface area contributed by atoms with Crippen LogP contribution in [-0.2, 0) is 11.2 Å². The quantitative estimate of drug-likeness (QED) is 0.748. The van der Waals surface area contributed by atoms with E-state index in [9.17, 15) is 13.2 Å². The highest BCUT2D eigenvalue weighted by atomic mass is 79.9. The van der Waals surface area contributed by atoms with Gasteiger partial charge in [0, 0.05) is 23.4 Å². The molecule has 9 heteroatoms. The summed E-state index contributed by atoms with van der Waals surface area (Å²) in [6.07, 6.45) is -1.33. The third-order valence-corrected chi connectivity index (χ3v) is 4.60. The van der Waals surface area contributed by atoms with Crippen LogP contribution in [0.2, 0.25) is 0 Å². The van der Waals surface area contributed by atoms with Crippen molar-refractivity contribution in [1.29, 1.82) is 0 Å². The van der Waals surface area contributed by atoms with Crippen LogP contribution in [0, 0.1) is 0 Å². The fourth-order valence-electron chi connectivity index (χ4n) is 2.17. The molecule has 0 radical (unpaired) electrons. The van der Waals surface area contributed by atoms with Crippen molar-refractivity contribution in [2.24, 2.45) is 0 Å². The lowest BCUT2D eigenvalue weighted by atomic mass is 10.1. The zero-order valence-corrected chi connectivity index (χ0v) is 11.9. The van der Waals surface area contributed by atoms with Crippen molar-refractivity contribution in [3.8, 4) is 0 Å². The number of rotatable bonds is 0. The van der Waals surface area contributed by atoms with Gasteiger partial charge in [-0.15, -0.1) is 11.3 Å². The van der Waals surface area contributed by atoms with Crippen LogP contribution in [0.25, 0.3) is 0 Å². The number of halogens is 4. The monoisotopic (exact) mass is 358 g/mol. The molecule has 1 aromatic rings. The van der Waals surface area contributed by atoms with Gasteiger partial charge in [-0.25, -0.2) is 9.78 Å². The molecule has 2 N–H and O–H groups in total. The number of carbonyl (C=O) groups is 1. The number of carboxylic acids is 1. The highest BCUT2D eigenvalue weighted by Gasteiger charge is 2.38. The van der Waals surface area contributed by atoms with Gasteiger partial charge < -0.3 is 10.4 Å². The summed E-state index contributed by atoms with van der Waals surface area (Å²) in [5.74, 6) is -2.76. The van der Waals surface area contributed by atoms with E-state index in [4.69, 9.17) is 9.90 Å². The molecule has 0 spiro atoms. The highest BCUT2D eigenvalue weighted by Crippen LogP contribution is 2.40. The van der Waals surface area contributed by atoms with Gasteiger partial charge in [0.1, 0.15) is 0 Å². The lowest BCUT2D eigenvalue weighted by molar-refractivity contribution is -0.192. The molecular formula is C10H10BrF3N2O2S. The lowest BCUT2D eigenvalue weighted by Crippen LogP contribution is -2.30. The highest BCUT2D eigenvalue weighted by molar-refractivity contribution is 9.11. The van der Waals surface area contributed by atoms with Crippen LogP contribution in [0.15, 0.2) is 3.92 Å². The van der Waals surface area contributed by atoms with Crippen LogP contribution >= 0.6 is 27.3 Å². The molecule has 0 amide bonds. The zero-order chi connectivity index (χ0) is 14.2. The summed E-state index contributed by atoms with van der Waals surface area (Å²) in [5.41, 5.74) is 1.33. The van der Waals surface area contributed by atoms with Crippen molar-refractivity contribution >= 4 is 33.2 Å². The number of nitrogens with zero attached hydrogens (tertiary/aromatic N) is 1. The number of hydrogen-bond donors (Lipinski definition) is 2. The number of alkyl halides is 3. The average molecular weight is 359 g/mol. The normalized spacial score (nSPS) is 24.4. The van der Waals surface area contributed by atoms with E-state index in [0.29, 0.717) is 12.1 Å². The Balaban J connectivity index is 0.000000167. The van der Waals surface area contributed by atoms with Crippen molar-refractivity contribution in [2.75, 3.05) is 0 Å². The molecule has 0 aromatic carbocycles. The molecule has 2 bridgehead atoms. The van der Waals surface area contributed by atoms with Crippen LogP contribution in [0.3, 0.4) is 0 Å². The van der Waals surface area contributed by atoms with Gasteiger partial charge in [0.15, 0.2) is 3.92 Å². The Bertz CT molecular complexity index is 492. The maximum absolute atomic E-state index is 10.6. The molecule has 19 heavy (non-hydrogen) atoms. The first-order chi connectivity index (χ1) is 8.77. The molecule has 1 aromatic heterocycles. The summed E-state index contributed by atoms with van der Waals surface area (Å²) < 4.78 is 32.8. The van der Waals surface area contributed by atoms with Crippen LogP contribution in [-0.4, -0.2) is 28.3 Å². The van der Waals surface area contributed by atoms with E-state index >= 15 is 0 Å². The molecule has 3 rings (SSSR count). The van der Waals surface area contributed by atoms with Crippen molar-refractivity contribution in [1.82, 2.24) is 10.3 Å². The number of nitrogens with one attached hydrogen (secondary N) is 1. The number of hydrogen-bond acceptors (Lipinski definition) is 4. The summed E-state index contributed by atoms with van der Waals surface area (Å²) in [6, 6.07) is 1.32. The number of carboxylic acid groups (broad SMARTS) is 1. The maximum Gasteiger partial charge on any atom is 0.490 e. The van der Waals surface area contributed by atoms with Crippen molar-refractivity contribution in [3.05, 3.63) is 14.5 Å². The van der Waals surface area contributed by atoms with Crippen LogP contribution in [0.4, 0.5) is 13.2 Å². The van der Waals surface area contributed by atoms with E-state index in [1.54, 1.807) is 11.3 Å². The molecule has 0 saturated carbocycles. The summed E-state index contributed by atoms with van der Waals surface area (Å²) >= 11 is 5.24. The topological polar surface area (TPSA) is 62.2 Å². The van der Waals surface area contributed by atoms with Crippen LogP contribution < -0.4 is 5.32 Å². The number of aliphatic carboxylic acids is 1. The van der Waals surface area contributed by atoms with Crippen molar-refractivity contribution in [2.45, 2.75) is 37.5 Å². The van der Waals surface area contributed by atoms with Gasteiger partial charge in [0.2, 0.25) is 0 Å². The SMILES string of the molecule is Brc1nc2c(s1)C1CCC(C2)N1.O=C(O)C(F)(F)F. The molecule has 106 valence electrons. The van der Waals surface area contributed by atoms with Crippen LogP contribution in [0.1, 0.15) is 29.5 Å². The first kappa shape index (κ1) is 14.7.